The Morgan fingerprint density at radius 2 is 1.74 bits per heavy atom. The van der Waals surface area contributed by atoms with Gasteiger partial charge < -0.3 is 25.8 Å². The van der Waals surface area contributed by atoms with E-state index in [9.17, 15) is 9.90 Å². The molecule has 1 unspecified atom stereocenters. The average molecular weight is 540 g/mol. The summed E-state index contributed by atoms with van der Waals surface area (Å²) in [6, 6.07) is 16.5. The molecule has 0 fully saturated rings. The third kappa shape index (κ3) is 10.0. The molecule has 0 spiro atoms. The molecule has 2 aromatic carbocycles. The van der Waals surface area contributed by atoms with Crippen LogP contribution in [0.25, 0.3) is 0 Å². The Morgan fingerprint density at radius 3 is 2.42 bits per heavy atom. The number of ether oxygens (including phenoxy) is 1. The van der Waals surface area contributed by atoms with Crippen molar-refractivity contribution >= 4 is 35.8 Å². The Balaban J connectivity index is 0.00000480. The maximum atomic E-state index is 12.1. The number of halogens is 1. The first kappa shape index (κ1) is 26.7. The molecule has 0 aliphatic carbocycles. The number of benzene rings is 2. The maximum Gasteiger partial charge on any atom is 0.251 e. The Morgan fingerprint density at radius 1 is 1.03 bits per heavy atom. The number of guanidine groups is 1. The van der Waals surface area contributed by atoms with Crippen LogP contribution in [0.15, 0.2) is 59.6 Å². The van der Waals surface area contributed by atoms with Crippen LogP contribution in [0.2, 0.25) is 0 Å². The zero-order valence-electron chi connectivity index (χ0n) is 18.3. The van der Waals surface area contributed by atoms with Crippen LogP contribution in [0.4, 0.5) is 0 Å². The summed E-state index contributed by atoms with van der Waals surface area (Å²) in [7, 11) is 0. The highest BCUT2D eigenvalue weighted by atomic mass is 127. The van der Waals surface area contributed by atoms with E-state index in [0.29, 0.717) is 31.2 Å². The van der Waals surface area contributed by atoms with Gasteiger partial charge in [-0.25, -0.2) is 0 Å². The van der Waals surface area contributed by atoms with Crippen molar-refractivity contribution in [2.75, 3.05) is 26.2 Å². The summed E-state index contributed by atoms with van der Waals surface area (Å²) in [5, 5.41) is 19.7. The first-order valence-corrected chi connectivity index (χ1v) is 10.3. The van der Waals surface area contributed by atoms with Gasteiger partial charge in [-0.15, -0.1) is 24.0 Å². The fourth-order valence-corrected chi connectivity index (χ4v) is 2.74. The molecular formula is C23H33IN4O3. The first-order chi connectivity index (χ1) is 14.5. The number of aliphatic hydroxyl groups is 1. The number of amides is 1. The van der Waals surface area contributed by atoms with Crippen LogP contribution >= 0.6 is 24.0 Å². The van der Waals surface area contributed by atoms with Gasteiger partial charge in [-0.2, -0.15) is 0 Å². The second-order valence-corrected chi connectivity index (χ2v) is 7.02. The summed E-state index contributed by atoms with van der Waals surface area (Å²) < 4.78 is 5.68. The first-order valence-electron chi connectivity index (χ1n) is 10.3. The van der Waals surface area contributed by atoms with E-state index in [1.807, 2.05) is 63.2 Å². The Bertz CT molecular complexity index is 815. The monoisotopic (exact) mass is 540 g/mol. The van der Waals surface area contributed by atoms with Gasteiger partial charge in [0.05, 0.1) is 18.8 Å². The van der Waals surface area contributed by atoms with E-state index in [0.717, 1.165) is 11.3 Å². The Kier molecular flexibility index (Phi) is 12.6. The lowest BCUT2D eigenvalue weighted by molar-refractivity contribution is 0.0954. The van der Waals surface area contributed by atoms with Gasteiger partial charge in [0.1, 0.15) is 5.75 Å². The van der Waals surface area contributed by atoms with Crippen LogP contribution in [0, 0.1) is 0 Å². The average Bonchev–Trinajstić information content (AvgIpc) is 2.74. The summed E-state index contributed by atoms with van der Waals surface area (Å²) in [5.74, 6) is 1.20. The molecular weight excluding hydrogens is 507 g/mol. The van der Waals surface area contributed by atoms with Crippen molar-refractivity contribution in [3.05, 3.63) is 65.7 Å². The highest BCUT2D eigenvalue weighted by Crippen LogP contribution is 2.20. The third-order valence-electron chi connectivity index (χ3n) is 4.12. The molecule has 4 N–H and O–H groups in total. The van der Waals surface area contributed by atoms with Crippen molar-refractivity contribution in [1.82, 2.24) is 16.0 Å². The van der Waals surface area contributed by atoms with Crippen LogP contribution in [0.5, 0.6) is 5.75 Å². The van der Waals surface area contributed by atoms with E-state index < -0.39 is 6.10 Å². The van der Waals surface area contributed by atoms with E-state index in [4.69, 9.17) is 4.74 Å². The lowest BCUT2D eigenvalue weighted by Crippen LogP contribution is -2.41. The largest absolute Gasteiger partial charge is 0.491 e. The van der Waals surface area contributed by atoms with Gasteiger partial charge in [0.15, 0.2) is 5.96 Å². The minimum Gasteiger partial charge on any atom is -0.491 e. The topological polar surface area (TPSA) is 95.0 Å². The molecule has 7 nitrogen and oxygen atoms in total. The summed E-state index contributed by atoms with van der Waals surface area (Å²) >= 11 is 0. The van der Waals surface area contributed by atoms with Gasteiger partial charge in [0.25, 0.3) is 5.91 Å². The number of nitrogens with zero attached hydrogens (tertiary/aromatic N) is 1. The molecule has 1 amide bonds. The lowest BCUT2D eigenvalue weighted by atomic mass is 10.1. The second-order valence-electron chi connectivity index (χ2n) is 7.02. The van der Waals surface area contributed by atoms with Crippen molar-refractivity contribution in [3.63, 3.8) is 0 Å². The van der Waals surface area contributed by atoms with Crippen molar-refractivity contribution in [3.8, 4) is 5.75 Å². The van der Waals surface area contributed by atoms with Crippen molar-refractivity contribution < 1.29 is 14.6 Å². The van der Waals surface area contributed by atoms with E-state index in [1.54, 1.807) is 12.1 Å². The Labute approximate surface area is 201 Å². The van der Waals surface area contributed by atoms with Crippen LogP contribution in [0.1, 0.15) is 42.8 Å². The van der Waals surface area contributed by atoms with Crippen LogP contribution < -0.4 is 20.7 Å². The maximum absolute atomic E-state index is 12.1. The quantitative estimate of drug-likeness (QED) is 0.161. The molecule has 8 heteroatoms. The number of aliphatic hydroxyl groups excluding tert-OH is 1. The summed E-state index contributed by atoms with van der Waals surface area (Å²) in [4.78, 5) is 16.5. The van der Waals surface area contributed by atoms with Gasteiger partial charge in [-0.3, -0.25) is 9.79 Å². The molecule has 1 atom stereocenters. The fraction of sp³-hybridized carbons (Fsp3) is 0.391. The lowest BCUT2D eigenvalue weighted by Gasteiger charge is -2.15. The van der Waals surface area contributed by atoms with Gasteiger partial charge in [0.2, 0.25) is 0 Å². The van der Waals surface area contributed by atoms with E-state index in [-0.39, 0.29) is 42.5 Å². The molecule has 0 aliphatic rings. The van der Waals surface area contributed by atoms with Crippen molar-refractivity contribution in [1.29, 1.82) is 0 Å². The van der Waals surface area contributed by atoms with Crippen molar-refractivity contribution in [2.24, 2.45) is 4.99 Å². The molecule has 170 valence electrons. The third-order valence-corrected chi connectivity index (χ3v) is 4.12. The number of nitrogens with one attached hydrogen (secondary N) is 3. The minimum absolute atomic E-state index is 0. The number of aliphatic imine (C=N–C) groups is 1. The Hall–Kier alpha value is -2.33. The molecule has 0 aliphatic heterocycles. The van der Waals surface area contributed by atoms with E-state index >= 15 is 0 Å². The molecule has 0 heterocycles. The predicted octanol–water partition coefficient (Wildman–Crippen LogP) is 3.11. The van der Waals surface area contributed by atoms with Gasteiger partial charge in [-0.05, 0) is 50.6 Å². The minimum atomic E-state index is -0.742. The van der Waals surface area contributed by atoms with Gasteiger partial charge in [-0.1, -0.05) is 30.3 Å². The van der Waals surface area contributed by atoms with Crippen LogP contribution in [0.3, 0.4) is 0 Å². The molecule has 2 rings (SSSR count). The normalized spacial score (nSPS) is 12.0. The smallest absolute Gasteiger partial charge is 0.251 e. The number of rotatable bonds is 10. The van der Waals surface area contributed by atoms with Gasteiger partial charge >= 0.3 is 0 Å². The standard InChI is InChI=1S/C23H32N4O3.HI/c1-4-24-23(26-14-13-25-22(29)18-9-6-5-7-10-18)27-16-21(28)19-11-8-12-20(15-19)30-17(2)3;/h5-12,15,17,21,28H,4,13-14,16H2,1-3H3,(H,25,29)(H2,24,26,27);1H. The zero-order valence-corrected chi connectivity index (χ0v) is 20.6. The SMILES string of the molecule is CCNC(=NCC(O)c1cccc(OC(C)C)c1)NCCNC(=O)c1ccccc1.I. The summed E-state index contributed by atoms with van der Waals surface area (Å²) in [5.41, 5.74) is 1.38. The predicted molar refractivity (Wildman–Crippen MR) is 135 cm³/mol. The highest BCUT2D eigenvalue weighted by molar-refractivity contribution is 14.0. The fourth-order valence-electron chi connectivity index (χ4n) is 2.74. The van der Waals surface area contributed by atoms with Crippen LogP contribution in [-0.4, -0.2) is 49.3 Å². The number of hydrogen-bond acceptors (Lipinski definition) is 4. The van der Waals surface area contributed by atoms with Gasteiger partial charge in [0, 0.05) is 25.2 Å². The second kappa shape index (κ2) is 14.6. The number of hydrogen-bond donors (Lipinski definition) is 4. The molecule has 0 saturated heterocycles. The van der Waals surface area contributed by atoms with E-state index in [1.165, 1.54) is 0 Å². The molecule has 2 aromatic rings. The number of carbonyl (C=O) groups is 1. The van der Waals surface area contributed by atoms with E-state index in [2.05, 4.69) is 20.9 Å². The summed E-state index contributed by atoms with van der Waals surface area (Å²) in [6.07, 6.45) is -0.670. The molecule has 0 bridgehead atoms. The molecule has 0 radical (unpaired) electrons. The summed E-state index contributed by atoms with van der Waals surface area (Å²) in [6.45, 7) is 7.76. The molecule has 0 aromatic heterocycles. The number of carbonyl (C=O) groups excluding carboxylic acids is 1. The zero-order chi connectivity index (χ0) is 21.8. The van der Waals surface area contributed by atoms with Crippen molar-refractivity contribution in [2.45, 2.75) is 33.0 Å². The highest BCUT2D eigenvalue weighted by Gasteiger charge is 2.10. The molecule has 31 heavy (non-hydrogen) atoms. The van der Waals surface area contributed by atoms with Crippen LogP contribution in [-0.2, 0) is 0 Å². The molecule has 0 saturated carbocycles.